The van der Waals surface area contributed by atoms with Gasteiger partial charge in [-0.2, -0.15) is 0 Å². The minimum Gasteiger partial charge on any atom is -0.310 e. The van der Waals surface area contributed by atoms with Crippen LogP contribution >= 0.6 is 0 Å². The third-order valence-electron chi connectivity index (χ3n) is 16.4. The van der Waals surface area contributed by atoms with Crippen molar-refractivity contribution in [1.82, 2.24) is 0 Å². The van der Waals surface area contributed by atoms with E-state index >= 15 is 0 Å². The SMILES string of the molecule is C[Si]1(C)c2ccccc2-c2ccc(N(c3cc(-c4ccccc4)cc([Si]4(c5ccccc5)c5ccccc5-c5ccccc54)c3)c3ccc4c(c3)C(c3ccccc3)(c3ccccc3)c3ccccc3-4)cc21. The monoisotopic (exact) mass is 949 g/mol. The number of anilines is 3. The summed E-state index contributed by atoms with van der Waals surface area (Å²) >= 11 is 0. The fourth-order valence-corrected chi connectivity index (χ4v) is 21.6. The van der Waals surface area contributed by atoms with Crippen LogP contribution in [0.15, 0.2) is 273 Å². The molecule has 2 aliphatic heterocycles. The predicted molar refractivity (Wildman–Crippen MR) is 309 cm³/mol. The van der Waals surface area contributed by atoms with Crippen molar-refractivity contribution >= 4 is 64.3 Å². The zero-order valence-electron chi connectivity index (χ0n) is 40.4. The summed E-state index contributed by atoms with van der Waals surface area (Å²) in [5.74, 6) is 0. The van der Waals surface area contributed by atoms with Crippen molar-refractivity contribution in [2.45, 2.75) is 18.5 Å². The van der Waals surface area contributed by atoms with Gasteiger partial charge in [-0.3, -0.25) is 0 Å². The molecule has 0 fully saturated rings. The first-order valence-electron chi connectivity index (χ1n) is 25.3. The summed E-state index contributed by atoms with van der Waals surface area (Å²) in [5, 5.41) is 8.63. The van der Waals surface area contributed by atoms with Gasteiger partial charge in [-0.05, 0) is 134 Å². The van der Waals surface area contributed by atoms with Crippen LogP contribution in [0.4, 0.5) is 17.1 Å². The average molecular weight is 950 g/mol. The van der Waals surface area contributed by atoms with Gasteiger partial charge in [0.25, 0.3) is 0 Å². The number of benzene rings is 11. The van der Waals surface area contributed by atoms with E-state index in [0.717, 1.165) is 11.4 Å². The Morgan fingerprint density at radius 3 is 1.38 bits per heavy atom. The number of nitrogens with zero attached hydrogens (tertiary/aromatic N) is 1. The van der Waals surface area contributed by atoms with Crippen molar-refractivity contribution in [2.75, 3.05) is 4.90 Å². The third kappa shape index (κ3) is 6.05. The van der Waals surface area contributed by atoms with Gasteiger partial charge in [-0.1, -0.05) is 250 Å². The van der Waals surface area contributed by atoms with E-state index in [4.69, 9.17) is 0 Å². The maximum atomic E-state index is 2.60. The molecule has 3 aliphatic rings. The Hall–Kier alpha value is -8.35. The van der Waals surface area contributed by atoms with E-state index in [1.54, 1.807) is 0 Å². The van der Waals surface area contributed by atoms with E-state index in [2.05, 4.69) is 291 Å². The number of rotatable bonds is 8. The molecule has 0 spiro atoms. The molecule has 11 aromatic rings. The second kappa shape index (κ2) is 16.4. The molecular formula is C69H51NSi2. The zero-order chi connectivity index (χ0) is 48.0. The fourth-order valence-electron chi connectivity index (χ4n) is 13.3. The lowest BCUT2D eigenvalue weighted by Crippen LogP contribution is -2.72. The summed E-state index contributed by atoms with van der Waals surface area (Å²) in [6.07, 6.45) is 0. The van der Waals surface area contributed by atoms with E-state index in [9.17, 15) is 0 Å². The highest BCUT2D eigenvalue weighted by atomic mass is 28.3. The molecule has 14 rings (SSSR count). The molecule has 0 radical (unpaired) electrons. The highest BCUT2D eigenvalue weighted by Gasteiger charge is 2.50. The first-order valence-corrected chi connectivity index (χ1v) is 30.3. The van der Waals surface area contributed by atoms with Gasteiger partial charge in [0.05, 0.1) is 5.41 Å². The van der Waals surface area contributed by atoms with Gasteiger partial charge in [-0.25, -0.2) is 0 Å². The lowest BCUT2D eigenvalue weighted by Gasteiger charge is -2.36. The van der Waals surface area contributed by atoms with Crippen molar-refractivity contribution < 1.29 is 0 Å². The number of fused-ring (bicyclic) bond motifs is 9. The second-order valence-corrected chi connectivity index (χ2v) is 28.4. The summed E-state index contributed by atoms with van der Waals surface area (Å²) in [4.78, 5) is 2.60. The van der Waals surface area contributed by atoms with Crippen LogP contribution in [-0.4, -0.2) is 16.1 Å². The molecule has 11 aromatic carbocycles. The van der Waals surface area contributed by atoms with Crippen molar-refractivity contribution in [2.24, 2.45) is 0 Å². The van der Waals surface area contributed by atoms with E-state index in [1.807, 2.05) is 0 Å². The molecule has 0 amide bonds. The second-order valence-electron chi connectivity index (χ2n) is 20.3. The summed E-state index contributed by atoms with van der Waals surface area (Å²) in [7, 11) is -5.03. The zero-order valence-corrected chi connectivity index (χ0v) is 42.4. The molecule has 0 bridgehead atoms. The predicted octanol–water partition coefficient (Wildman–Crippen LogP) is 13.3. The Bertz CT molecular complexity index is 3810. The van der Waals surface area contributed by atoms with Gasteiger partial charge in [0, 0.05) is 17.1 Å². The largest absolute Gasteiger partial charge is 0.310 e. The van der Waals surface area contributed by atoms with Crippen molar-refractivity contribution in [1.29, 1.82) is 0 Å². The minimum atomic E-state index is -2.94. The fraction of sp³-hybridized carbons (Fsp3) is 0.0435. The average Bonchev–Trinajstić information content (AvgIpc) is 4.01. The Balaban J connectivity index is 1.09. The molecule has 2 heterocycles. The molecule has 1 aliphatic carbocycles. The third-order valence-corrected chi connectivity index (χ3v) is 24.8. The maximum Gasteiger partial charge on any atom is 0.180 e. The Kier molecular flexibility index (Phi) is 9.66. The van der Waals surface area contributed by atoms with Crippen LogP contribution in [0.1, 0.15) is 22.3 Å². The topological polar surface area (TPSA) is 3.24 Å². The molecule has 1 nitrogen and oxygen atoms in total. The van der Waals surface area contributed by atoms with Crippen LogP contribution in [0.2, 0.25) is 13.1 Å². The molecular weight excluding hydrogens is 899 g/mol. The van der Waals surface area contributed by atoms with Crippen LogP contribution in [0.5, 0.6) is 0 Å². The van der Waals surface area contributed by atoms with Crippen LogP contribution in [0.3, 0.4) is 0 Å². The Morgan fingerprint density at radius 2 is 0.750 bits per heavy atom. The standard InChI is InChI=1S/C69H51NSi2/c1-71(2)65-36-20-16-32-59(65)62-42-40-53(47-68(62)71)70(52-39-41-58-57-31-15-19-35-63(57)69(64(58)46-52,50-25-9-4-10-26-50)51-27-11-5-12-28-51)54-43-49(48-23-7-3-8-24-48)44-56(45-54)72(55-29-13-6-14-30-55)66-37-21-17-33-60(66)61-34-18-22-38-67(61)72/h3-47H,1-2H3. The van der Waals surface area contributed by atoms with Crippen molar-refractivity contribution in [3.8, 4) is 44.5 Å². The van der Waals surface area contributed by atoms with Gasteiger partial charge in [-0.15, -0.1) is 0 Å². The summed E-state index contributed by atoms with van der Waals surface area (Å²) in [6, 6.07) is 104. The Morgan fingerprint density at radius 1 is 0.292 bits per heavy atom. The molecule has 3 heteroatoms. The molecule has 0 aromatic heterocycles. The van der Waals surface area contributed by atoms with Gasteiger partial charge < -0.3 is 4.90 Å². The van der Waals surface area contributed by atoms with Gasteiger partial charge in [0.2, 0.25) is 0 Å². The molecule has 72 heavy (non-hydrogen) atoms. The Labute approximate surface area is 425 Å². The van der Waals surface area contributed by atoms with E-state index in [0.29, 0.717) is 0 Å². The molecule has 0 unspecified atom stereocenters. The number of hydrogen-bond acceptors (Lipinski definition) is 1. The van der Waals surface area contributed by atoms with Crippen molar-refractivity contribution in [3.05, 3.63) is 295 Å². The first-order chi connectivity index (χ1) is 35.5. The number of hydrogen-bond donors (Lipinski definition) is 0. The lowest BCUT2D eigenvalue weighted by atomic mass is 9.67. The molecule has 340 valence electrons. The van der Waals surface area contributed by atoms with Crippen LogP contribution < -0.4 is 36.0 Å². The minimum absolute atomic E-state index is 0.552. The van der Waals surface area contributed by atoms with Crippen molar-refractivity contribution in [3.63, 3.8) is 0 Å². The smallest absolute Gasteiger partial charge is 0.180 e. The van der Waals surface area contributed by atoms with E-state index in [-0.39, 0.29) is 0 Å². The maximum absolute atomic E-state index is 2.94. The quantitative estimate of drug-likeness (QED) is 0.137. The summed E-state index contributed by atoms with van der Waals surface area (Å²) < 4.78 is 0. The van der Waals surface area contributed by atoms with Crippen LogP contribution in [0, 0.1) is 0 Å². The highest BCUT2D eigenvalue weighted by molar-refractivity contribution is 7.22. The molecule has 0 N–H and O–H groups in total. The first kappa shape index (κ1) is 42.5. The molecule has 0 atom stereocenters. The van der Waals surface area contributed by atoms with Gasteiger partial charge in [0.1, 0.15) is 8.07 Å². The van der Waals surface area contributed by atoms with E-state index < -0.39 is 21.6 Å². The summed E-state index contributed by atoms with van der Waals surface area (Å²) in [5.41, 5.74) is 18.4. The van der Waals surface area contributed by atoms with E-state index in [1.165, 1.54) is 104 Å². The molecule has 0 saturated carbocycles. The van der Waals surface area contributed by atoms with Gasteiger partial charge >= 0.3 is 0 Å². The molecule has 0 saturated heterocycles. The van der Waals surface area contributed by atoms with Crippen LogP contribution in [-0.2, 0) is 5.41 Å². The van der Waals surface area contributed by atoms with Crippen LogP contribution in [0.25, 0.3) is 44.5 Å². The summed E-state index contributed by atoms with van der Waals surface area (Å²) in [6.45, 7) is 5.07. The lowest BCUT2D eigenvalue weighted by molar-refractivity contribution is 0.768. The highest BCUT2D eigenvalue weighted by Crippen LogP contribution is 2.57. The van der Waals surface area contributed by atoms with Gasteiger partial charge in [0.15, 0.2) is 8.07 Å². The normalized spacial score (nSPS) is 14.6.